The minimum Gasteiger partial charge on any atom is -0.481 e. The first-order valence-electron chi connectivity index (χ1n) is 5.82. The number of halogens is 3. The standard InChI is InChI=1S/C12H15F3N2O/c1-18-11-6-9(4-8-2-3-16-7-8)5-10(17-11)12(13,14)15/h5-6,8,16H,2-4,7H2,1H3. The van der Waals surface area contributed by atoms with Crippen LogP contribution in [0.1, 0.15) is 17.7 Å². The van der Waals surface area contributed by atoms with Gasteiger partial charge in [0.15, 0.2) is 0 Å². The van der Waals surface area contributed by atoms with Gasteiger partial charge >= 0.3 is 6.18 Å². The number of pyridine rings is 1. The maximum atomic E-state index is 12.7. The highest BCUT2D eigenvalue weighted by molar-refractivity contribution is 5.27. The summed E-state index contributed by atoms with van der Waals surface area (Å²) in [6.07, 6.45) is -2.82. The predicted octanol–water partition coefficient (Wildman–Crippen LogP) is 2.26. The Morgan fingerprint density at radius 2 is 2.22 bits per heavy atom. The average Bonchev–Trinajstić information content (AvgIpc) is 2.80. The molecular weight excluding hydrogens is 245 g/mol. The fourth-order valence-corrected chi connectivity index (χ4v) is 2.15. The van der Waals surface area contributed by atoms with E-state index in [0.29, 0.717) is 17.9 Å². The molecule has 0 aliphatic carbocycles. The summed E-state index contributed by atoms with van der Waals surface area (Å²) < 4.78 is 42.8. The third-order valence-corrected chi connectivity index (χ3v) is 3.05. The second kappa shape index (κ2) is 5.14. The van der Waals surface area contributed by atoms with Crippen molar-refractivity contribution in [3.05, 3.63) is 23.4 Å². The molecule has 0 spiro atoms. The Morgan fingerprint density at radius 3 is 2.78 bits per heavy atom. The van der Waals surface area contributed by atoms with Gasteiger partial charge in [-0.3, -0.25) is 0 Å². The van der Waals surface area contributed by atoms with Crippen LogP contribution in [0, 0.1) is 5.92 Å². The van der Waals surface area contributed by atoms with Crippen LogP contribution < -0.4 is 10.1 Å². The van der Waals surface area contributed by atoms with E-state index >= 15 is 0 Å². The van der Waals surface area contributed by atoms with Crippen molar-refractivity contribution in [3.63, 3.8) is 0 Å². The van der Waals surface area contributed by atoms with Crippen LogP contribution in [0.2, 0.25) is 0 Å². The molecule has 6 heteroatoms. The molecule has 0 amide bonds. The molecule has 1 aromatic heterocycles. The molecule has 3 nitrogen and oxygen atoms in total. The third-order valence-electron chi connectivity index (χ3n) is 3.05. The van der Waals surface area contributed by atoms with Crippen LogP contribution in [-0.4, -0.2) is 25.2 Å². The van der Waals surface area contributed by atoms with Gasteiger partial charge in [0.2, 0.25) is 5.88 Å². The lowest BCUT2D eigenvalue weighted by Crippen LogP contribution is -2.13. The maximum Gasteiger partial charge on any atom is 0.433 e. The highest BCUT2D eigenvalue weighted by atomic mass is 19.4. The van der Waals surface area contributed by atoms with Gasteiger partial charge in [0.25, 0.3) is 0 Å². The van der Waals surface area contributed by atoms with Gasteiger partial charge in [-0.2, -0.15) is 13.2 Å². The molecule has 0 bridgehead atoms. The van der Waals surface area contributed by atoms with Crippen molar-refractivity contribution in [1.82, 2.24) is 10.3 Å². The van der Waals surface area contributed by atoms with Crippen LogP contribution in [0.3, 0.4) is 0 Å². The number of nitrogens with zero attached hydrogens (tertiary/aromatic N) is 1. The second-order valence-electron chi connectivity index (χ2n) is 4.46. The van der Waals surface area contributed by atoms with Gasteiger partial charge < -0.3 is 10.1 Å². The molecule has 2 rings (SSSR count). The Bertz CT molecular complexity index is 414. The van der Waals surface area contributed by atoms with Crippen LogP contribution in [0.4, 0.5) is 13.2 Å². The van der Waals surface area contributed by atoms with Gasteiger partial charge in [-0.15, -0.1) is 0 Å². The Labute approximate surface area is 103 Å². The molecular formula is C12H15F3N2O. The van der Waals surface area contributed by atoms with Crippen molar-refractivity contribution in [2.24, 2.45) is 5.92 Å². The largest absolute Gasteiger partial charge is 0.481 e. The molecule has 2 heterocycles. The van der Waals surface area contributed by atoms with E-state index in [-0.39, 0.29) is 5.88 Å². The Morgan fingerprint density at radius 1 is 1.44 bits per heavy atom. The van der Waals surface area contributed by atoms with Crippen LogP contribution in [0.5, 0.6) is 5.88 Å². The smallest absolute Gasteiger partial charge is 0.433 e. The molecule has 1 saturated heterocycles. The minimum atomic E-state index is -4.43. The van der Waals surface area contributed by atoms with Crippen LogP contribution in [0.25, 0.3) is 0 Å². The Balaban J connectivity index is 2.23. The zero-order valence-electron chi connectivity index (χ0n) is 10.0. The molecule has 1 unspecified atom stereocenters. The molecule has 1 aliphatic rings. The van der Waals surface area contributed by atoms with E-state index < -0.39 is 11.9 Å². The lowest BCUT2D eigenvalue weighted by Gasteiger charge is -2.12. The lowest BCUT2D eigenvalue weighted by atomic mass is 9.99. The lowest BCUT2D eigenvalue weighted by molar-refractivity contribution is -0.141. The summed E-state index contributed by atoms with van der Waals surface area (Å²) in [4.78, 5) is 3.43. The summed E-state index contributed by atoms with van der Waals surface area (Å²) in [6.45, 7) is 1.78. The molecule has 18 heavy (non-hydrogen) atoms. The number of hydrogen-bond donors (Lipinski definition) is 1. The second-order valence-corrected chi connectivity index (χ2v) is 4.46. The van der Waals surface area contributed by atoms with Crippen molar-refractivity contribution in [3.8, 4) is 5.88 Å². The van der Waals surface area contributed by atoms with Gasteiger partial charge in [0, 0.05) is 6.07 Å². The Kier molecular flexibility index (Phi) is 3.75. The molecule has 1 fully saturated rings. The predicted molar refractivity (Wildman–Crippen MR) is 60.5 cm³/mol. The Hall–Kier alpha value is -1.30. The van der Waals surface area contributed by atoms with E-state index in [1.165, 1.54) is 7.11 Å². The zero-order valence-corrected chi connectivity index (χ0v) is 10.0. The first-order valence-corrected chi connectivity index (χ1v) is 5.82. The van der Waals surface area contributed by atoms with E-state index in [9.17, 15) is 13.2 Å². The minimum absolute atomic E-state index is 0.0192. The molecule has 100 valence electrons. The summed E-state index contributed by atoms with van der Waals surface area (Å²) in [5, 5.41) is 3.20. The number of aromatic nitrogens is 1. The van der Waals surface area contributed by atoms with E-state index in [0.717, 1.165) is 25.6 Å². The number of nitrogens with one attached hydrogen (secondary N) is 1. The van der Waals surface area contributed by atoms with Crippen molar-refractivity contribution in [2.45, 2.75) is 19.0 Å². The molecule has 1 atom stereocenters. The number of rotatable bonds is 3. The average molecular weight is 260 g/mol. The molecule has 0 radical (unpaired) electrons. The number of hydrogen-bond acceptors (Lipinski definition) is 3. The van der Waals surface area contributed by atoms with E-state index in [1.54, 1.807) is 6.07 Å². The van der Waals surface area contributed by atoms with E-state index in [1.807, 2.05) is 0 Å². The SMILES string of the molecule is COc1cc(CC2CCNC2)cc(C(F)(F)F)n1. The summed E-state index contributed by atoms with van der Waals surface area (Å²) in [7, 11) is 1.32. The van der Waals surface area contributed by atoms with Gasteiger partial charge in [-0.05, 0) is 43.5 Å². The quantitative estimate of drug-likeness (QED) is 0.905. The number of alkyl halides is 3. The summed E-state index contributed by atoms with van der Waals surface area (Å²) in [6, 6.07) is 2.69. The number of methoxy groups -OCH3 is 1. The summed E-state index contributed by atoms with van der Waals surface area (Å²) in [5.74, 6) is 0.406. The van der Waals surface area contributed by atoms with Gasteiger partial charge in [-0.25, -0.2) is 4.98 Å². The van der Waals surface area contributed by atoms with Gasteiger partial charge in [-0.1, -0.05) is 0 Å². The van der Waals surface area contributed by atoms with E-state index in [2.05, 4.69) is 10.3 Å². The molecule has 1 N–H and O–H groups in total. The normalized spacial score (nSPS) is 20.1. The van der Waals surface area contributed by atoms with Crippen molar-refractivity contribution >= 4 is 0 Å². The first kappa shape index (κ1) is 13.1. The zero-order chi connectivity index (χ0) is 13.2. The molecule has 1 aliphatic heterocycles. The van der Waals surface area contributed by atoms with Crippen molar-refractivity contribution in [1.29, 1.82) is 0 Å². The van der Waals surface area contributed by atoms with Crippen LogP contribution in [-0.2, 0) is 12.6 Å². The van der Waals surface area contributed by atoms with Gasteiger partial charge in [0.1, 0.15) is 5.69 Å². The van der Waals surface area contributed by atoms with E-state index in [4.69, 9.17) is 4.74 Å². The summed E-state index contributed by atoms with van der Waals surface area (Å²) >= 11 is 0. The van der Waals surface area contributed by atoms with Crippen LogP contribution >= 0.6 is 0 Å². The molecule has 1 aromatic rings. The van der Waals surface area contributed by atoms with Crippen molar-refractivity contribution < 1.29 is 17.9 Å². The van der Waals surface area contributed by atoms with Crippen LogP contribution in [0.15, 0.2) is 12.1 Å². The topological polar surface area (TPSA) is 34.1 Å². The maximum absolute atomic E-state index is 12.7. The third kappa shape index (κ3) is 3.13. The highest BCUT2D eigenvalue weighted by Gasteiger charge is 2.33. The summed E-state index contributed by atoms with van der Waals surface area (Å²) in [5.41, 5.74) is -0.259. The monoisotopic (exact) mass is 260 g/mol. The van der Waals surface area contributed by atoms with Gasteiger partial charge in [0.05, 0.1) is 7.11 Å². The fourth-order valence-electron chi connectivity index (χ4n) is 2.15. The first-order chi connectivity index (χ1) is 8.49. The number of ether oxygens (including phenoxy) is 1. The fraction of sp³-hybridized carbons (Fsp3) is 0.583. The van der Waals surface area contributed by atoms with Crippen molar-refractivity contribution in [2.75, 3.05) is 20.2 Å². The highest BCUT2D eigenvalue weighted by Crippen LogP contribution is 2.30. The molecule has 0 aromatic carbocycles. The molecule has 0 saturated carbocycles.